The van der Waals surface area contributed by atoms with Gasteiger partial charge >= 0.3 is 0 Å². The third-order valence-corrected chi connectivity index (χ3v) is 2.62. The number of nitrogens with one attached hydrogen (secondary N) is 1. The Labute approximate surface area is 102 Å². The van der Waals surface area contributed by atoms with Gasteiger partial charge < -0.3 is 14.3 Å². The highest BCUT2D eigenvalue weighted by Crippen LogP contribution is 2.31. The number of benzene rings is 1. The Balaban J connectivity index is 2.82. The van der Waals surface area contributed by atoms with E-state index in [-0.39, 0.29) is 16.5 Å². The molecule has 3 nitrogen and oxygen atoms in total. The summed E-state index contributed by atoms with van der Waals surface area (Å²) in [5.41, 5.74) is 0.250. The summed E-state index contributed by atoms with van der Waals surface area (Å²) >= 11 is 6.88. The molecule has 0 saturated heterocycles. The van der Waals surface area contributed by atoms with Crippen molar-refractivity contribution >= 4 is 35.5 Å². The number of carbonyl (C=O) groups is 1. The minimum absolute atomic E-state index is 0.227. The molecule has 0 amide bonds. The molecule has 0 spiro atoms. The van der Waals surface area contributed by atoms with Gasteiger partial charge in [-0.2, -0.15) is 0 Å². The Bertz CT molecular complexity index is 376. The van der Waals surface area contributed by atoms with E-state index in [1.165, 1.54) is 12.1 Å². The summed E-state index contributed by atoms with van der Waals surface area (Å²) in [5, 5.41) is 0.227. The van der Waals surface area contributed by atoms with Crippen LogP contribution >= 0.6 is 23.5 Å². The molecule has 0 radical (unpaired) electrons. The maximum Gasteiger partial charge on any atom is 0.148 e. The number of aldehydes is 1. The van der Waals surface area contributed by atoms with Crippen LogP contribution in [0.1, 0.15) is 6.92 Å². The van der Waals surface area contributed by atoms with Crippen molar-refractivity contribution in [3.8, 4) is 5.75 Å². The van der Waals surface area contributed by atoms with Crippen LogP contribution in [-0.4, -0.2) is 18.6 Å². The van der Waals surface area contributed by atoms with Crippen molar-refractivity contribution in [1.82, 2.24) is 0 Å². The second-order valence-electron chi connectivity index (χ2n) is 2.78. The molecule has 6 heteroatoms. The van der Waals surface area contributed by atoms with E-state index in [4.69, 9.17) is 16.3 Å². The summed E-state index contributed by atoms with van der Waals surface area (Å²) in [6.07, 6.45) is 0.731. The van der Waals surface area contributed by atoms with Crippen LogP contribution in [0, 0.1) is 5.82 Å². The third-order valence-electron chi connectivity index (χ3n) is 1.65. The fourth-order valence-corrected chi connectivity index (χ4v) is 1.70. The van der Waals surface area contributed by atoms with Gasteiger partial charge in [0.05, 0.1) is 23.1 Å². The fraction of sp³-hybridized carbons (Fsp3) is 0.300. The molecule has 0 aliphatic heterocycles. The fourth-order valence-electron chi connectivity index (χ4n) is 1.03. The van der Waals surface area contributed by atoms with Gasteiger partial charge in [0.25, 0.3) is 0 Å². The summed E-state index contributed by atoms with van der Waals surface area (Å²) in [7, 11) is 0. The average molecular weight is 264 g/mol. The predicted octanol–water partition coefficient (Wildman–Crippen LogP) is 3.14. The zero-order valence-electron chi connectivity index (χ0n) is 8.63. The zero-order chi connectivity index (χ0) is 12.0. The number of carbonyl (C=O) groups excluding carboxylic acids is 1. The highest BCUT2D eigenvalue weighted by molar-refractivity contribution is 8.01. The van der Waals surface area contributed by atoms with E-state index in [2.05, 4.69) is 4.72 Å². The third kappa shape index (κ3) is 3.57. The summed E-state index contributed by atoms with van der Waals surface area (Å²) in [5.74, 6) is 0.179. The molecule has 0 heterocycles. The van der Waals surface area contributed by atoms with Crippen molar-refractivity contribution in [3.63, 3.8) is 0 Å². The Morgan fingerprint density at radius 3 is 3.00 bits per heavy atom. The van der Waals surface area contributed by atoms with Crippen LogP contribution in [-0.2, 0) is 4.79 Å². The van der Waals surface area contributed by atoms with Crippen molar-refractivity contribution in [2.75, 3.05) is 17.1 Å². The van der Waals surface area contributed by atoms with Crippen molar-refractivity contribution < 1.29 is 13.9 Å². The molecule has 1 aromatic rings. The lowest BCUT2D eigenvalue weighted by atomic mass is 10.3. The zero-order valence-corrected chi connectivity index (χ0v) is 10.2. The van der Waals surface area contributed by atoms with Gasteiger partial charge in [0.15, 0.2) is 0 Å². The van der Waals surface area contributed by atoms with Gasteiger partial charge in [0, 0.05) is 6.07 Å². The number of anilines is 1. The molecular formula is C10H11ClFNO2S. The van der Waals surface area contributed by atoms with Crippen LogP contribution in [0.2, 0.25) is 5.02 Å². The normalized spacial score (nSPS) is 9.94. The maximum absolute atomic E-state index is 13.4. The molecule has 0 unspecified atom stereocenters. The van der Waals surface area contributed by atoms with E-state index in [9.17, 15) is 9.18 Å². The molecule has 0 bridgehead atoms. The molecule has 0 fully saturated rings. The quantitative estimate of drug-likeness (QED) is 0.486. The van der Waals surface area contributed by atoms with Crippen LogP contribution < -0.4 is 9.46 Å². The molecule has 1 N–H and O–H groups in total. The van der Waals surface area contributed by atoms with Gasteiger partial charge in [-0.15, -0.1) is 0 Å². The van der Waals surface area contributed by atoms with Gasteiger partial charge in [-0.3, -0.25) is 0 Å². The van der Waals surface area contributed by atoms with Gasteiger partial charge in [-0.25, -0.2) is 4.39 Å². The average Bonchev–Trinajstić information content (AvgIpc) is 2.25. The Kier molecular flexibility index (Phi) is 5.42. The first-order chi connectivity index (χ1) is 7.69. The van der Waals surface area contributed by atoms with Gasteiger partial charge in [0.1, 0.15) is 17.9 Å². The lowest BCUT2D eigenvalue weighted by Crippen LogP contribution is -1.97. The topological polar surface area (TPSA) is 38.3 Å². The first-order valence-corrected chi connectivity index (χ1v) is 5.98. The summed E-state index contributed by atoms with van der Waals surface area (Å²) in [4.78, 5) is 10.1. The molecule has 0 atom stereocenters. The van der Waals surface area contributed by atoms with Crippen molar-refractivity contribution in [1.29, 1.82) is 0 Å². The van der Waals surface area contributed by atoms with E-state index < -0.39 is 5.82 Å². The largest absolute Gasteiger partial charge is 0.492 e. The SMILES string of the molecule is CCOc1cc(NSCC=O)c(F)cc1Cl. The lowest BCUT2D eigenvalue weighted by molar-refractivity contribution is -0.105. The molecule has 1 rings (SSSR count). The van der Waals surface area contributed by atoms with E-state index in [1.54, 1.807) is 0 Å². The number of halogens is 2. The van der Waals surface area contributed by atoms with E-state index in [0.29, 0.717) is 12.4 Å². The van der Waals surface area contributed by atoms with Crippen LogP contribution in [0.5, 0.6) is 5.75 Å². The smallest absolute Gasteiger partial charge is 0.148 e. The summed E-state index contributed by atoms with van der Waals surface area (Å²) < 4.78 is 21.3. The van der Waals surface area contributed by atoms with Crippen LogP contribution in [0.3, 0.4) is 0 Å². The lowest BCUT2D eigenvalue weighted by Gasteiger charge is -2.10. The Hall–Kier alpha value is -0.940. The molecule has 0 aromatic heterocycles. The summed E-state index contributed by atoms with van der Waals surface area (Å²) in [6, 6.07) is 2.65. The maximum atomic E-state index is 13.4. The van der Waals surface area contributed by atoms with Gasteiger partial charge in [0.2, 0.25) is 0 Å². The van der Waals surface area contributed by atoms with Crippen LogP contribution in [0.15, 0.2) is 12.1 Å². The standard InChI is InChI=1S/C10H11ClFNO2S/c1-2-15-10-6-9(13-16-4-3-14)8(12)5-7(10)11/h3,5-6,13H,2,4H2,1H3. The molecule has 0 saturated carbocycles. The summed E-state index contributed by atoms with van der Waals surface area (Å²) in [6.45, 7) is 2.26. The van der Waals surface area contributed by atoms with E-state index in [0.717, 1.165) is 18.2 Å². The molecular weight excluding hydrogens is 253 g/mol. The van der Waals surface area contributed by atoms with E-state index in [1.807, 2.05) is 6.92 Å². The number of hydrogen-bond donors (Lipinski definition) is 1. The van der Waals surface area contributed by atoms with Gasteiger partial charge in [-0.05, 0) is 24.9 Å². The van der Waals surface area contributed by atoms with Gasteiger partial charge in [-0.1, -0.05) is 11.6 Å². The van der Waals surface area contributed by atoms with Crippen molar-refractivity contribution in [2.45, 2.75) is 6.92 Å². The monoisotopic (exact) mass is 263 g/mol. The van der Waals surface area contributed by atoms with Crippen molar-refractivity contribution in [2.24, 2.45) is 0 Å². The first-order valence-electron chi connectivity index (χ1n) is 4.62. The van der Waals surface area contributed by atoms with Crippen LogP contribution in [0.25, 0.3) is 0 Å². The highest BCUT2D eigenvalue weighted by atomic mass is 35.5. The Morgan fingerprint density at radius 1 is 1.62 bits per heavy atom. The second-order valence-corrected chi connectivity index (χ2v) is 4.01. The minimum Gasteiger partial charge on any atom is -0.492 e. The molecule has 0 aliphatic rings. The molecule has 88 valence electrons. The molecule has 1 aromatic carbocycles. The number of ether oxygens (including phenoxy) is 1. The highest BCUT2D eigenvalue weighted by Gasteiger charge is 2.09. The second kappa shape index (κ2) is 6.60. The number of hydrogen-bond acceptors (Lipinski definition) is 4. The number of rotatable bonds is 6. The minimum atomic E-state index is -0.480. The Morgan fingerprint density at radius 2 is 2.38 bits per heavy atom. The first kappa shape index (κ1) is 13.1. The molecule has 0 aliphatic carbocycles. The van der Waals surface area contributed by atoms with Crippen molar-refractivity contribution in [3.05, 3.63) is 23.0 Å². The predicted molar refractivity (Wildman–Crippen MR) is 64.7 cm³/mol. The van der Waals surface area contributed by atoms with E-state index >= 15 is 0 Å². The van der Waals surface area contributed by atoms with Crippen LogP contribution in [0.4, 0.5) is 10.1 Å². The molecule has 16 heavy (non-hydrogen) atoms.